The van der Waals surface area contributed by atoms with Crippen LogP contribution in [0.3, 0.4) is 0 Å². The van der Waals surface area contributed by atoms with Crippen LogP contribution < -0.4 is 0 Å². The van der Waals surface area contributed by atoms with Gasteiger partial charge >= 0.3 is 0 Å². The lowest BCUT2D eigenvalue weighted by Crippen LogP contribution is -2.40. The molecule has 0 radical (unpaired) electrons. The van der Waals surface area contributed by atoms with Crippen LogP contribution in [0.15, 0.2) is 41.7 Å². The predicted octanol–water partition coefficient (Wildman–Crippen LogP) is 3.97. The third-order valence-corrected chi connectivity index (χ3v) is 5.75. The normalized spacial score (nSPS) is 20.3. The molecular weight excluding hydrogens is 351 g/mol. The molecule has 1 amide bonds. The SMILES string of the molecule is O=C1CSC(=Nc2cnn(Cc3cccc(F)c3)c2)N1C1CCCCC1. The van der Waals surface area contributed by atoms with Gasteiger partial charge in [0.25, 0.3) is 0 Å². The molecule has 0 N–H and O–H groups in total. The summed E-state index contributed by atoms with van der Waals surface area (Å²) in [6.45, 7) is 0.487. The van der Waals surface area contributed by atoms with Gasteiger partial charge in [-0.3, -0.25) is 14.4 Å². The second-order valence-corrected chi connectivity index (χ2v) is 7.71. The van der Waals surface area contributed by atoms with Gasteiger partial charge in [0.1, 0.15) is 11.5 Å². The molecule has 0 bridgehead atoms. The summed E-state index contributed by atoms with van der Waals surface area (Å²) in [4.78, 5) is 18.9. The number of aromatic nitrogens is 2. The van der Waals surface area contributed by atoms with Gasteiger partial charge in [-0.2, -0.15) is 5.10 Å². The van der Waals surface area contributed by atoms with E-state index in [4.69, 9.17) is 0 Å². The lowest BCUT2D eigenvalue weighted by atomic mass is 9.94. The molecule has 4 rings (SSSR count). The minimum absolute atomic E-state index is 0.160. The van der Waals surface area contributed by atoms with Crippen molar-refractivity contribution in [1.29, 1.82) is 0 Å². The fourth-order valence-electron chi connectivity index (χ4n) is 3.59. The Labute approximate surface area is 156 Å². The van der Waals surface area contributed by atoms with Crippen molar-refractivity contribution in [1.82, 2.24) is 14.7 Å². The molecule has 2 fully saturated rings. The van der Waals surface area contributed by atoms with Crippen molar-refractivity contribution in [2.45, 2.75) is 44.7 Å². The molecule has 1 aromatic carbocycles. The summed E-state index contributed by atoms with van der Waals surface area (Å²) in [5, 5.41) is 5.10. The van der Waals surface area contributed by atoms with Crippen LogP contribution in [0.5, 0.6) is 0 Å². The first-order valence-corrected chi connectivity index (χ1v) is 9.98. The van der Waals surface area contributed by atoms with Crippen molar-refractivity contribution >= 4 is 28.5 Å². The molecule has 0 atom stereocenters. The summed E-state index contributed by atoms with van der Waals surface area (Å²) in [6, 6.07) is 6.78. The highest BCUT2D eigenvalue weighted by Gasteiger charge is 2.34. The highest BCUT2D eigenvalue weighted by molar-refractivity contribution is 8.15. The number of nitrogens with zero attached hydrogens (tertiary/aromatic N) is 4. The number of hydrogen-bond donors (Lipinski definition) is 0. The Morgan fingerprint density at radius 3 is 2.92 bits per heavy atom. The zero-order valence-electron chi connectivity index (χ0n) is 14.5. The van der Waals surface area contributed by atoms with Crippen LogP contribution in [0.2, 0.25) is 0 Å². The van der Waals surface area contributed by atoms with Crippen LogP contribution in [0.4, 0.5) is 10.1 Å². The minimum atomic E-state index is -0.251. The third-order valence-electron chi connectivity index (χ3n) is 4.82. The van der Waals surface area contributed by atoms with E-state index in [9.17, 15) is 9.18 Å². The van der Waals surface area contributed by atoms with Crippen molar-refractivity contribution in [3.05, 3.63) is 48.0 Å². The van der Waals surface area contributed by atoms with E-state index in [0.29, 0.717) is 12.3 Å². The van der Waals surface area contributed by atoms with E-state index in [0.717, 1.165) is 29.3 Å². The number of benzene rings is 1. The summed E-state index contributed by atoms with van der Waals surface area (Å²) in [6.07, 6.45) is 9.25. The van der Waals surface area contributed by atoms with Crippen LogP contribution in [0.25, 0.3) is 0 Å². The highest BCUT2D eigenvalue weighted by Crippen LogP contribution is 2.31. The van der Waals surface area contributed by atoms with Gasteiger partial charge in [0.05, 0.1) is 24.7 Å². The van der Waals surface area contributed by atoms with Crippen molar-refractivity contribution < 1.29 is 9.18 Å². The first-order valence-electron chi connectivity index (χ1n) is 8.99. The number of carbonyl (C=O) groups is 1. The molecule has 1 aliphatic carbocycles. The summed E-state index contributed by atoms with van der Waals surface area (Å²) in [7, 11) is 0. The number of aliphatic imine (C=N–C) groups is 1. The van der Waals surface area contributed by atoms with Crippen LogP contribution in [-0.2, 0) is 11.3 Å². The quantitative estimate of drug-likeness (QED) is 0.816. The average molecular weight is 372 g/mol. The first-order chi connectivity index (χ1) is 12.7. The maximum Gasteiger partial charge on any atom is 0.239 e. The number of amidine groups is 1. The Balaban J connectivity index is 1.50. The lowest BCUT2D eigenvalue weighted by molar-refractivity contribution is -0.126. The van der Waals surface area contributed by atoms with E-state index in [1.165, 1.54) is 43.2 Å². The fourth-order valence-corrected chi connectivity index (χ4v) is 4.54. The molecule has 1 aliphatic heterocycles. The number of hydrogen-bond acceptors (Lipinski definition) is 4. The van der Waals surface area contributed by atoms with Crippen molar-refractivity contribution in [2.75, 3.05) is 5.75 Å². The van der Waals surface area contributed by atoms with Crippen LogP contribution in [0, 0.1) is 5.82 Å². The van der Waals surface area contributed by atoms with Gasteiger partial charge in [-0.1, -0.05) is 43.2 Å². The molecule has 1 saturated heterocycles. The van der Waals surface area contributed by atoms with E-state index in [1.807, 2.05) is 17.2 Å². The molecule has 5 nitrogen and oxygen atoms in total. The van der Waals surface area contributed by atoms with E-state index in [-0.39, 0.29) is 17.8 Å². The zero-order valence-corrected chi connectivity index (χ0v) is 15.3. The van der Waals surface area contributed by atoms with E-state index in [2.05, 4.69) is 10.1 Å². The molecule has 0 spiro atoms. The van der Waals surface area contributed by atoms with Gasteiger partial charge in [0, 0.05) is 6.04 Å². The van der Waals surface area contributed by atoms with E-state index in [1.54, 1.807) is 16.9 Å². The number of amides is 1. The molecule has 1 saturated carbocycles. The maximum atomic E-state index is 13.3. The number of rotatable bonds is 4. The molecule has 7 heteroatoms. The molecule has 2 aliphatic rings. The highest BCUT2D eigenvalue weighted by atomic mass is 32.2. The Kier molecular flexibility index (Phi) is 5.06. The Hall–Kier alpha value is -2.15. The van der Waals surface area contributed by atoms with E-state index >= 15 is 0 Å². The summed E-state index contributed by atoms with van der Waals surface area (Å²) in [5.41, 5.74) is 1.57. The Bertz CT molecular complexity index is 828. The zero-order chi connectivity index (χ0) is 17.9. The summed E-state index contributed by atoms with van der Waals surface area (Å²) in [5.74, 6) is 0.374. The third kappa shape index (κ3) is 3.82. The lowest BCUT2D eigenvalue weighted by Gasteiger charge is -2.30. The molecule has 2 aromatic rings. The first kappa shape index (κ1) is 17.3. The standard InChI is InChI=1S/C19H21FN4OS/c20-15-6-4-5-14(9-15)11-23-12-16(10-21-23)22-19-24(18(25)13-26-19)17-7-2-1-3-8-17/h4-6,9-10,12,17H,1-3,7-8,11,13H2. The van der Waals surface area contributed by atoms with Crippen molar-refractivity contribution in [3.8, 4) is 0 Å². The number of carbonyl (C=O) groups excluding carboxylic acids is 1. The molecule has 0 unspecified atom stereocenters. The molecular formula is C19H21FN4OS. The molecule has 26 heavy (non-hydrogen) atoms. The Morgan fingerprint density at radius 2 is 2.12 bits per heavy atom. The predicted molar refractivity (Wildman–Crippen MR) is 101 cm³/mol. The van der Waals surface area contributed by atoms with Gasteiger partial charge in [-0.25, -0.2) is 9.38 Å². The topological polar surface area (TPSA) is 50.5 Å². The van der Waals surface area contributed by atoms with Gasteiger partial charge < -0.3 is 0 Å². The molecule has 1 aromatic heterocycles. The number of halogens is 1. The average Bonchev–Trinajstić information content (AvgIpc) is 3.22. The summed E-state index contributed by atoms with van der Waals surface area (Å²) < 4.78 is 15.0. The second-order valence-electron chi connectivity index (χ2n) is 6.76. The number of thioether (sulfide) groups is 1. The van der Waals surface area contributed by atoms with Gasteiger partial charge in [-0.05, 0) is 30.5 Å². The van der Waals surface area contributed by atoms with Gasteiger partial charge in [-0.15, -0.1) is 0 Å². The molecule has 136 valence electrons. The van der Waals surface area contributed by atoms with Crippen molar-refractivity contribution in [3.63, 3.8) is 0 Å². The van der Waals surface area contributed by atoms with E-state index < -0.39 is 0 Å². The monoisotopic (exact) mass is 372 g/mol. The molecule has 2 heterocycles. The second kappa shape index (κ2) is 7.61. The fraction of sp³-hybridized carbons (Fsp3) is 0.421. The Morgan fingerprint density at radius 1 is 1.27 bits per heavy atom. The maximum absolute atomic E-state index is 13.3. The van der Waals surface area contributed by atoms with Crippen LogP contribution in [-0.4, -0.2) is 37.5 Å². The summed E-state index contributed by atoms with van der Waals surface area (Å²) >= 11 is 1.50. The van der Waals surface area contributed by atoms with Gasteiger partial charge in [0.2, 0.25) is 5.91 Å². The van der Waals surface area contributed by atoms with Crippen molar-refractivity contribution in [2.24, 2.45) is 4.99 Å². The smallest absolute Gasteiger partial charge is 0.239 e. The largest absolute Gasteiger partial charge is 0.287 e. The minimum Gasteiger partial charge on any atom is -0.287 e. The van der Waals surface area contributed by atoms with Crippen LogP contribution >= 0.6 is 11.8 Å². The van der Waals surface area contributed by atoms with Crippen LogP contribution in [0.1, 0.15) is 37.7 Å². The van der Waals surface area contributed by atoms with Gasteiger partial charge in [0.15, 0.2) is 5.17 Å².